The minimum atomic E-state index is -0.681. The summed E-state index contributed by atoms with van der Waals surface area (Å²) in [7, 11) is 0. The van der Waals surface area contributed by atoms with Crippen LogP contribution in [0.15, 0.2) is 54.6 Å². The molecule has 0 fully saturated rings. The minimum absolute atomic E-state index is 0. The second-order valence-electron chi connectivity index (χ2n) is 4.13. The molecule has 0 saturated heterocycles. The number of urea groups is 1. The van der Waals surface area contributed by atoms with Crippen molar-refractivity contribution in [3.63, 3.8) is 0 Å². The molecule has 0 unspecified atom stereocenters. The first-order valence-corrected chi connectivity index (χ1v) is 6.03. The largest absolute Gasteiger partial charge is 0.457 e. The van der Waals surface area contributed by atoms with E-state index in [-0.39, 0.29) is 19.0 Å². The molecule has 0 saturated carbocycles. The summed E-state index contributed by atoms with van der Waals surface area (Å²) in [6, 6.07) is 15.1. The van der Waals surface area contributed by atoms with Crippen LogP contribution in [0.2, 0.25) is 0 Å². The number of rotatable bonds is 4. The molecule has 2 rings (SSSR count). The maximum absolute atomic E-state index is 11.9. The van der Waals surface area contributed by atoms with Gasteiger partial charge in [-0.25, -0.2) is 9.59 Å². The third-order valence-electron chi connectivity index (χ3n) is 2.58. The van der Waals surface area contributed by atoms with E-state index in [0.29, 0.717) is 11.3 Å². The Bertz CT molecular complexity index is 617. The number of halogens is 1. The van der Waals surface area contributed by atoms with Crippen LogP contribution >= 0.6 is 12.4 Å². The van der Waals surface area contributed by atoms with E-state index in [1.54, 1.807) is 18.2 Å². The Morgan fingerprint density at radius 2 is 1.76 bits per heavy atom. The van der Waals surface area contributed by atoms with Gasteiger partial charge in [0.05, 0.1) is 5.56 Å². The van der Waals surface area contributed by atoms with Crippen molar-refractivity contribution in [1.29, 1.82) is 0 Å². The summed E-state index contributed by atoms with van der Waals surface area (Å²) < 4.78 is 5.19. The number of nitrogens with one attached hydrogen (secondary N) is 1. The summed E-state index contributed by atoms with van der Waals surface area (Å²) in [5, 5.41) is 2.40. The van der Waals surface area contributed by atoms with Gasteiger partial charge in [0.25, 0.3) is 0 Å². The van der Waals surface area contributed by atoms with Crippen LogP contribution < -0.4 is 11.1 Å². The average Bonchev–Trinajstić information content (AvgIpc) is 2.45. The minimum Gasteiger partial charge on any atom is -0.457 e. The van der Waals surface area contributed by atoms with Gasteiger partial charge < -0.3 is 15.8 Å². The Kier molecular flexibility index (Phi) is 6.23. The summed E-state index contributed by atoms with van der Waals surface area (Å²) in [6.07, 6.45) is 0. The van der Waals surface area contributed by atoms with Crippen LogP contribution in [0.25, 0.3) is 0 Å². The second kappa shape index (κ2) is 7.91. The average molecular weight is 307 g/mol. The Balaban J connectivity index is 0.00000220. The molecule has 0 bridgehead atoms. The molecule has 0 atom stereocenters. The number of benzene rings is 2. The van der Waals surface area contributed by atoms with E-state index in [1.807, 2.05) is 30.3 Å². The third-order valence-corrected chi connectivity index (χ3v) is 2.58. The first-order valence-electron chi connectivity index (χ1n) is 6.03. The van der Waals surface area contributed by atoms with Crippen LogP contribution in [0.3, 0.4) is 0 Å². The van der Waals surface area contributed by atoms with E-state index in [1.165, 1.54) is 6.07 Å². The number of esters is 1. The number of amides is 2. The van der Waals surface area contributed by atoms with E-state index in [2.05, 4.69) is 5.32 Å². The van der Waals surface area contributed by atoms with E-state index >= 15 is 0 Å². The highest BCUT2D eigenvalue weighted by molar-refractivity contribution is 5.93. The molecule has 0 aliphatic rings. The zero-order chi connectivity index (χ0) is 14.4. The molecular formula is C15H15ClN2O3. The number of primary amides is 1. The molecule has 21 heavy (non-hydrogen) atoms. The fourth-order valence-corrected chi connectivity index (χ4v) is 1.67. The van der Waals surface area contributed by atoms with Gasteiger partial charge in [0, 0.05) is 5.69 Å². The SMILES string of the molecule is Cl.NC(=O)Nc1cccc(C(=O)OCc2ccccc2)c1. The van der Waals surface area contributed by atoms with Crippen molar-refractivity contribution in [3.8, 4) is 0 Å². The zero-order valence-electron chi connectivity index (χ0n) is 11.1. The molecule has 0 aromatic heterocycles. The molecule has 2 aromatic carbocycles. The lowest BCUT2D eigenvalue weighted by Gasteiger charge is -2.07. The molecule has 2 aromatic rings. The molecule has 0 radical (unpaired) electrons. The highest BCUT2D eigenvalue weighted by atomic mass is 35.5. The van der Waals surface area contributed by atoms with Gasteiger partial charge in [-0.1, -0.05) is 36.4 Å². The normalized spacial score (nSPS) is 9.33. The predicted molar refractivity (Wildman–Crippen MR) is 82.5 cm³/mol. The summed E-state index contributed by atoms with van der Waals surface area (Å²) in [5.41, 5.74) is 6.73. The van der Waals surface area contributed by atoms with Crippen molar-refractivity contribution < 1.29 is 14.3 Å². The summed E-state index contributed by atoms with van der Waals surface area (Å²) >= 11 is 0. The highest BCUT2D eigenvalue weighted by Crippen LogP contribution is 2.12. The zero-order valence-corrected chi connectivity index (χ0v) is 11.9. The first kappa shape index (κ1) is 16.5. The van der Waals surface area contributed by atoms with Crippen LogP contribution in [0.4, 0.5) is 10.5 Å². The fourth-order valence-electron chi connectivity index (χ4n) is 1.67. The standard InChI is InChI=1S/C15H14N2O3.ClH/c16-15(19)17-13-8-4-7-12(9-13)14(18)20-10-11-5-2-1-3-6-11;/h1-9H,10H2,(H3,16,17,19);1H. The quantitative estimate of drug-likeness (QED) is 0.852. The molecule has 0 spiro atoms. The fraction of sp³-hybridized carbons (Fsp3) is 0.0667. The summed E-state index contributed by atoms with van der Waals surface area (Å²) in [4.78, 5) is 22.6. The van der Waals surface area contributed by atoms with Crippen molar-refractivity contribution in [2.45, 2.75) is 6.61 Å². The monoisotopic (exact) mass is 306 g/mol. The molecule has 0 heterocycles. The molecule has 2 amide bonds. The van der Waals surface area contributed by atoms with Gasteiger partial charge in [-0.15, -0.1) is 12.4 Å². The maximum Gasteiger partial charge on any atom is 0.338 e. The Labute approximate surface area is 128 Å². The number of ether oxygens (including phenoxy) is 1. The second-order valence-corrected chi connectivity index (χ2v) is 4.13. The van der Waals surface area contributed by atoms with Gasteiger partial charge in [0.1, 0.15) is 6.61 Å². The van der Waals surface area contributed by atoms with Crippen molar-refractivity contribution >= 4 is 30.1 Å². The van der Waals surface area contributed by atoms with Crippen molar-refractivity contribution in [1.82, 2.24) is 0 Å². The number of hydrogen-bond donors (Lipinski definition) is 2. The lowest BCUT2D eigenvalue weighted by molar-refractivity contribution is 0.0472. The van der Waals surface area contributed by atoms with E-state index < -0.39 is 12.0 Å². The smallest absolute Gasteiger partial charge is 0.338 e. The number of carbonyl (C=O) groups is 2. The van der Waals surface area contributed by atoms with Crippen LogP contribution in [-0.4, -0.2) is 12.0 Å². The van der Waals surface area contributed by atoms with Crippen molar-refractivity contribution in [2.24, 2.45) is 5.73 Å². The van der Waals surface area contributed by atoms with Gasteiger partial charge in [0.2, 0.25) is 0 Å². The molecule has 110 valence electrons. The van der Waals surface area contributed by atoms with E-state index in [9.17, 15) is 9.59 Å². The lowest BCUT2D eigenvalue weighted by atomic mass is 10.2. The molecule has 3 N–H and O–H groups in total. The molecular weight excluding hydrogens is 292 g/mol. The topological polar surface area (TPSA) is 81.4 Å². The van der Waals surface area contributed by atoms with Gasteiger partial charge in [0.15, 0.2) is 0 Å². The number of anilines is 1. The van der Waals surface area contributed by atoms with Crippen LogP contribution in [-0.2, 0) is 11.3 Å². The Morgan fingerprint density at radius 1 is 1.05 bits per heavy atom. The van der Waals surface area contributed by atoms with Crippen LogP contribution in [0.1, 0.15) is 15.9 Å². The molecule has 6 heteroatoms. The van der Waals surface area contributed by atoms with Crippen LogP contribution in [0.5, 0.6) is 0 Å². The molecule has 5 nitrogen and oxygen atoms in total. The summed E-state index contributed by atoms with van der Waals surface area (Å²) in [5.74, 6) is -0.457. The van der Waals surface area contributed by atoms with Gasteiger partial charge in [-0.05, 0) is 23.8 Å². The number of carbonyl (C=O) groups excluding carboxylic acids is 2. The molecule has 0 aliphatic carbocycles. The maximum atomic E-state index is 11.9. The van der Waals surface area contributed by atoms with Gasteiger partial charge >= 0.3 is 12.0 Å². The lowest BCUT2D eigenvalue weighted by Crippen LogP contribution is -2.19. The number of hydrogen-bond acceptors (Lipinski definition) is 3. The van der Waals surface area contributed by atoms with Gasteiger partial charge in [-0.2, -0.15) is 0 Å². The van der Waals surface area contributed by atoms with Crippen LogP contribution in [0, 0.1) is 0 Å². The Hall–Kier alpha value is -2.53. The van der Waals surface area contributed by atoms with E-state index in [0.717, 1.165) is 5.56 Å². The highest BCUT2D eigenvalue weighted by Gasteiger charge is 2.08. The summed E-state index contributed by atoms with van der Waals surface area (Å²) in [6.45, 7) is 0.202. The van der Waals surface area contributed by atoms with Crippen molar-refractivity contribution in [3.05, 3.63) is 65.7 Å². The number of nitrogens with two attached hydrogens (primary N) is 1. The van der Waals surface area contributed by atoms with Crippen molar-refractivity contribution in [2.75, 3.05) is 5.32 Å². The predicted octanol–water partition coefficient (Wildman–Crippen LogP) is 2.96. The first-order chi connectivity index (χ1) is 9.65. The van der Waals surface area contributed by atoms with E-state index in [4.69, 9.17) is 10.5 Å². The molecule has 0 aliphatic heterocycles. The Morgan fingerprint density at radius 3 is 2.43 bits per heavy atom. The van der Waals surface area contributed by atoms with Gasteiger partial charge in [-0.3, -0.25) is 0 Å². The third kappa shape index (κ3) is 5.16.